The Kier molecular flexibility index (Phi) is 5.87. The molecule has 5 heteroatoms. The van der Waals surface area contributed by atoms with Gasteiger partial charge >= 0.3 is 0 Å². The number of hydrogen-bond acceptors (Lipinski definition) is 3. The lowest BCUT2D eigenvalue weighted by Crippen LogP contribution is -2.40. The summed E-state index contributed by atoms with van der Waals surface area (Å²) in [6.07, 6.45) is 4.67. The molecule has 0 saturated carbocycles. The normalized spacial score (nSPS) is 16.1. The first-order valence-corrected chi connectivity index (χ1v) is 8.87. The Morgan fingerprint density at radius 1 is 1.24 bits per heavy atom. The zero-order chi connectivity index (χ0) is 17.6. The smallest absolute Gasteiger partial charge is 0.289 e. The fraction of sp³-hybridized carbons (Fsp3) is 0.450. The summed E-state index contributed by atoms with van der Waals surface area (Å²) >= 11 is 0. The molecule has 1 aromatic carbocycles. The first-order valence-electron chi connectivity index (χ1n) is 8.87. The predicted octanol–water partition coefficient (Wildman–Crippen LogP) is 3.45. The Morgan fingerprint density at radius 2 is 1.96 bits per heavy atom. The Morgan fingerprint density at radius 3 is 2.60 bits per heavy atom. The highest BCUT2D eigenvalue weighted by Crippen LogP contribution is 2.19. The van der Waals surface area contributed by atoms with Gasteiger partial charge in [-0.05, 0) is 68.1 Å². The number of halogens is 1. The molecule has 2 aromatic rings. The predicted molar refractivity (Wildman–Crippen MR) is 94.9 cm³/mol. The van der Waals surface area contributed by atoms with Crippen molar-refractivity contribution in [1.29, 1.82) is 0 Å². The van der Waals surface area contributed by atoms with E-state index in [0.717, 1.165) is 45.4 Å². The van der Waals surface area contributed by atoms with E-state index in [9.17, 15) is 9.18 Å². The lowest BCUT2D eigenvalue weighted by molar-refractivity contribution is 0.0709. The minimum atomic E-state index is -0.183. The Bertz CT molecular complexity index is 662. The Hall–Kier alpha value is -2.14. The topological polar surface area (TPSA) is 36.7 Å². The molecule has 1 aromatic heterocycles. The fourth-order valence-electron chi connectivity index (χ4n) is 3.39. The number of nitrogens with zero attached hydrogens (tertiary/aromatic N) is 2. The maximum atomic E-state index is 12.9. The zero-order valence-corrected chi connectivity index (χ0v) is 14.7. The molecule has 0 N–H and O–H groups in total. The average molecular weight is 344 g/mol. The van der Waals surface area contributed by atoms with Crippen molar-refractivity contribution in [2.75, 3.05) is 33.2 Å². The fourth-order valence-corrected chi connectivity index (χ4v) is 3.39. The van der Waals surface area contributed by atoms with Crippen LogP contribution in [-0.2, 0) is 6.42 Å². The van der Waals surface area contributed by atoms with Crippen LogP contribution in [0.4, 0.5) is 4.39 Å². The van der Waals surface area contributed by atoms with E-state index in [1.807, 2.05) is 19.2 Å². The molecule has 1 fully saturated rings. The van der Waals surface area contributed by atoms with Crippen LogP contribution in [-0.4, -0.2) is 48.9 Å². The molecule has 1 amide bonds. The van der Waals surface area contributed by atoms with Gasteiger partial charge in [0.15, 0.2) is 5.76 Å². The molecule has 0 atom stereocenters. The van der Waals surface area contributed by atoms with Gasteiger partial charge in [0.1, 0.15) is 5.82 Å². The van der Waals surface area contributed by atoms with Crippen molar-refractivity contribution in [3.05, 3.63) is 59.8 Å². The number of rotatable bonds is 6. The number of hydrogen-bond donors (Lipinski definition) is 0. The van der Waals surface area contributed by atoms with Gasteiger partial charge in [-0.25, -0.2) is 4.39 Å². The van der Waals surface area contributed by atoms with Crippen molar-refractivity contribution < 1.29 is 13.6 Å². The zero-order valence-electron chi connectivity index (χ0n) is 14.7. The van der Waals surface area contributed by atoms with Crippen LogP contribution in [0.5, 0.6) is 0 Å². The Labute approximate surface area is 148 Å². The number of furan rings is 1. The quantitative estimate of drug-likeness (QED) is 0.805. The van der Waals surface area contributed by atoms with E-state index in [1.165, 1.54) is 24.0 Å². The van der Waals surface area contributed by atoms with E-state index >= 15 is 0 Å². The van der Waals surface area contributed by atoms with E-state index in [4.69, 9.17) is 4.42 Å². The van der Waals surface area contributed by atoms with Gasteiger partial charge in [-0.3, -0.25) is 4.79 Å². The first-order chi connectivity index (χ1) is 12.1. The van der Waals surface area contributed by atoms with Gasteiger partial charge in [0.2, 0.25) is 0 Å². The molecule has 0 radical (unpaired) electrons. The van der Waals surface area contributed by atoms with Crippen LogP contribution in [0.1, 0.15) is 29.0 Å². The van der Waals surface area contributed by atoms with Gasteiger partial charge in [0, 0.05) is 20.1 Å². The summed E-state index contributed by atoms with van der Waals surface area (Å²) in [7, 11) is 1.84. The largest absolute Gasteiger partial charge is 0.459 e. The summed E-state index contributed by atoms with van der Waals surface area (Å²) in [6.45, 7) is 3.87. The van der Waals surface area contributed by atoms with Gasteiger partial charge in [-0.15, -0.1) is 0 Å². The average Bonchev–Trinajstić information content (AvgIpc) is 3.16. The van der Waals surface area contributed by atoms with Gasteiger partial charge in [0.25, 0.3) is 5.91 Å². The third-order valence-electron chi connectivity index (χ3n) is 4.95. The van der Waals surface area contributed by atoms with Crippen molar-refractivity contribution in [2.45, 2.75) is 19.3 Å². The number of amides is 1. The van der Waals surface area contributed by atoms with Crippen LogP contribution in [0.3, 0.4) is 0 Å². The number of likely N-dealkylation sites (tertiary alicyclic amines) is 1. The molecule has 2 heterocycles. The molecule has 25 heavy (non-hydrogen) atoms. The summed E-state index contributed by atoms with van der Waals surface area (Å²) < 4.78 is 18.1. The van der Waals surface area contributed by atoms with E-state index in [-0.39, 0.29) is 11.7 Å². The van der Waals surface area contributed by atoms with Gasteiger partial charge in [0.05, 0.1) is 6.26 Å². The summed E-state index contributed by atoms with van der Waals surface area (Å²) in [4.78, 5) is 16.4. The maximum absolute atomic E-state index is 12.9. The molecular weight excluding hydrogens is 319 g/mol. The number of piperidine rings is 1. The SMILES string of the molecule is CN(CC1CCN(CCc2ccc(F)cc2)CC1)C(=O)c1ccco1. The van der Waals surface area contributed by atoms with E-state index in [0.29, 0.717) is 11.7 Å². The molecule has 0 aliphatic carbocycles. The van der Waals surface area contributed by atoms with Crippen LogP contribution < -0.4 is 0 Å². The lowest BCUT2D eigenvalue weighted by Gasteiger charge is -2.33. The summed E-state index contributed by atoms with van der Waals surface area (Å²) in [6, 6.07) is 10.2. The van der Waals surface area contributed by atoms with Crippen molar-refractivity contribution in [2.24, 2.45) is 5.92 Å². The van der Waals surface area contributed by atoms with Crippen molar-refractivity contribution in [3.8, 4) is 0 Å². The second kappa shape index (κ2) is 8.30. The van der Waals surface area contributed by atoms with Crippen LogP contribution in [0, 0.1) is 11.7 Å². The Balaban J connectivity index is 1.39. The molecule has 0 unspecified atom stereocenters. The first kappa shape index (κ1) is 17.7. The molecule has 3 rings (SSSR count). The highest BCUT2D eigenvalue weighted by atomic mass is 19.1. The van der Waals surface area contributed by atoms with Crippen molar-refractivity contribution in [1.82, 2.24) is 9.80 Å². The molecule has 1 aliphatic heterocycles. The molecule has 0 bridgehead atoms. The molecule has 0 spiro atoms. The summed E-state index contributed by atoms with van der Waals surface area (Å²) in [5.41, 5.74) is 1.17. The lowest BCUT2D eigenvalue weighted by atomic mass is 9.96. The van der Waals surface area contributed by atoms with Crippen LogP contribution >= 0.6 is 0 Å². The second-order valence-electron chi connectivity index (χ2n) is 6.82. The highest BCUT2D eigenvalue weighted by Gasteiger charge is 2.23. The van der Waals surface area contributed by atoms with E-state index in [2.05, 4.69) is 4.90 Å². The summed E-state index contributed by atoms with van der Waals surface area (Å²) in [5.74, 6) is 0.701. The minimum absolute atomic E-state index is 0.0521. The molecule has 1 saturated heterocycles. The standard InChI is InChI=1S/C20H25FN2O2/c1-22(20(24)19-3-2-14-25-19)15-17-9-12-23(13-10-17)11-8-16-4-6-18(21)7-5-16/h2-7,14,17H,8-13,15H2,1H3. The molecule has 134 valence electrons. The van der Waals surface area contributed by atoms with Crippen molar-refractivity contribution in [3.63, 3.8) is 0 Å². The third-order valence-corrected chi connectivity index (χ3v) is 4.95. The second-order valence-corrected chi connectivity index (χ2v) is 6.82. The third kappa shape index (κ3) is 4.92. The molecule has 4 nitrogen and oxygen atoms in total. The van der Waals surface area contributed by atoms with Crippen molar-refractivity contribution >= 4 is 5.91 Å². The monoisotopic (exact) mass is 344 g/mol. The minimum Gasteiger partial charge on any atom is -0.459 e. The molecular formula is C20H25FN2O2. The van der Waals surface area contributed by atoms with Gasteiger partial charge in [-0.1, -0.05) is 12.1 Å². The van der Waals surface area contributed by atoms with Crippen LogP contribution in [0.2, 0.25) is 0 Å². The number of benzene rings is 1. The van der Waals surface area contributed by atoms with E-state index in [1.54, 1.807) is 17.0 Å². The molecule has 1 aliphatic rings. The van der Waals surface area contributed by atoms with Crippen LogP contribution in [0.25, 0.3) is 0 Å². The van der Waals surface area contributed by atoms with Gasteiger partial charge < -0.3 is 14.2 Å². The highest BCUT2D eigenvalue weighted by molar-refractivity contribution is 5.91. The summed E-state index contributed by atoms with van der Waals surface area (Å²) in [5, 5.41) is 0. The maximum Gasteiger partial charge on any atom is 0.289 e. The van der Waals surface area contributed by atoms with E-state index < -0.39 is 0 Å². The number of carbonyl (C=O) groups excluding carboxylic acids is 1. The number of carbonyl (C=O) groups is 1. The van der Waals surface area contributed by atoms with Crippen LogP contribution in [0.15, 0.2) is 47.1 Å². The van der Waals surface area contributed by atoms with Gasteiger partial charge in [-0.2, -0.15) is 0 Å².